The largest absolute Gasteiger partial charge is 0.483 e. The number of hydrogen-bond acceptors (Lipinski definition) is 3. The Morgan fingerprint density at radius 1 is 1.07 bits per heavy atom. The Morgan fingerprint density at radius 2 is 1.74 bits per heavy atom. The minimum absolute atomic E-state index is 0.0116. The van der Waals surface area contributed by atoms with Crippen LogP contribution >= 0.6 is 0 Å². The highest BCUT2D eigenvalue weighted by molar-refractivity contribution is 5.94. The zero-order valence-corrected chi connectivity index (χ0v) is 16.7. The van der Waals surface area contributed by atoms with Crippen molar-refractivity contribution in [1.82, 2.24) is 10.2 Å². The van der Waals surface area contributed by atoms with Crippen molar-refractivity contribution < 1.29 is 14.3 Å². The van der Waals surface area contributed by atoms with E-state index in [2.05, 4.69) is 5.32 Å². The molecule has 0 fully saturated rings. The third kappa shape index (κ3) is 5.84. The molecule has 0 radical (unpaired) electrons. The van der Waals surface area contributed by atoms with Gasteiger partial charge in [0.25, 0.3) is 11.8 Å². The van der Waals surface area contributed by atoms with Gasteiger partial charge in [0.15, 0.2) is 6.61 Å². The van der Waals surface area contributed by atoms with E-state index in [1.54, 1.807) is 24.1 Å². The Balaban J connectivity index is 1.84. The van der Waals surface area contributed by atoms with Crippen molar-refractivity contribution in [2.45, 2.75) is 40.3 Å². The molecule has 0 aliphatic carbocycles. The predicted octanol–water partition coefficient (Wildman–Crippen LogP) is 3.48. The summed E-state index contributed by atoms with van der Waals surface area (Å²) in [5, 5.41) is 2.83. The van der Waals surface area contributed by atoms with E-state index in [0.29, 0.717) is 12.1 Å². The number of carbonyl (C=O) groups excluding carboxylic acids is 2. The monoisotopic (exact) mass is 368 g/mol. The molecular formula is C22H28N2O3. The predicted molar refractivity (Wildman–Crippen MR) is 107 cm³/mol. The second-order valence-corrected chi connectivity index (χ2v) is 7.04. The highest BCUT2D eigenvalue weighted by Crippen LogP contribution is 2.18. The first kappa shape index (κ1) is 20.5. The topological polar surface area (TPSA) is 58.6 Å². The number of nitrogens with one attached hydrogen (secondary N) is 1. The summed E-state index contributed by atoms with van der Waals surface area (Å²) >= 11 is 0. The highest BCUT2D eigenvalue weighted by atomic mass is 16.5. The number of benzene rings is 2. The Morgan fingerprint density at radius 3 is 2.37 bits per heavy atom. The molecule has 0 saturated heterocycles. The molecule has 0 aliphatic heterocycles. The van der Waals surface area contributed by atoms with Gasteiger partial charge in [-0.05, 0) is 62.6 Å². The summed E-state index contributed by atoms with van der Waals surface area (Å²) in [7, 11) is 1.79. The van der Waals surface area contributed by atoms with Crippen LogP contribution in [0.25, 0.3) is 0 Å². The van der Waals surface area contributed by atoms with Gasteiger partial charge in [-0.25, -0.2) is 0 Å². The standard InChI is InChI=1S/C22H28N2O3/c1-15(2)24(5)22(26)19-10-8-18(9-11-19)13-23-21(25)14-27-20-12-16(3)6-7-17(20)4/h6-12,15H,13-14H2,1-5H3,(H,23,25). The summed E-state index contributed by atoms with van der Waals surface area (Å²) in [4.78, 5) is 26.0. The van der Waals surface area contributed by atoms with E-state index < -0.39 is 0 Å². The minimum Gasteiger partial charge on any atom is -0.483 e. The van der Waals surface area contributed by atoms with Crippen LogP contribution in [0.2, 0.25) is 0 Å². The first-order valence-corrected chi connectivity index (χ1v) is 9.10. The van der Waals surface area contributed by atoms with Crippen molar-refractivity contribution in [3.8, 4) is 5.75 Å². The van der Waals surface area contributed by atoms with Gasteiger partial charge in [0.1, 0.15) is 5.75 Å². The van der Waals surface area contributed by atoms with Crippen LogP contribution in [-0.4, -0.2) is 36.4 Å². The molecule has 0 aliphatic rings. The van der Waals surface area contributed by atoms with Crippen molar-refractivity contribution in [3.63, 3.8) is 0 Å². The van der Waals surface area contributed by atoms with Gasteiger partial charge >= 0.3 is 0 Å². The van der Waals surface area contributed by atoms with E-state index in [4.69, 9.17) is 4.74 Å². The molecule has 2 aromatic rings. The maximum atomic E-state index is 12.3. The molecule has 0 heterocycles. The normalized spacial score (nSPS) is 10.6. The number of aryl methyl sites for hydroxylation is 2. The number of carbonyl (C=O) groups is 2. The van der Waals surface area contributed by atoms with Gasteiger partial charge < -0.3 is 15.0 Å². The van der Waals surface area contributed by atoms with Crippen LogP contribution in [0.3, 0.4) is 0 Å². The van der Waals surface area contributed by atoms with E-state index >= 15 is 0 Å². The average Bonchev–Trinajstić information content (AvgIpc) is 2.66. The number of hydrogen-bond donors (Lipinski definition) is 1. The Hall–Kier alpha value is -2.82. The second kappa shape index (κ2) is 9.21. The lowest BCUT2D eigenvalue weighted by Crippen LogP contribution is -2.33. The molecule has 0 bridgehead atoms. The molecule has 0 spiro atoms. The van der Waals surface area contributed by atoms with Gasteiger partial charge in [-0.15, -0.1) is 0 Å². The fourth-order valence-electron chi connectivity index (χ4n) is 2.46. The first-order valence-electron chi connectivity index (χ1n) is 9.10. The molecule has 1 N–H and O–H groups in total. The molecule has 2 aromatic carbocycles. The third-order valence-corrected chi connectivity index (χ3v) is 4.49. The van der Waals surface area contributed by atoms with E-state index in [9.17, 15) is 9.59 Å². The van der Waals surface area contributed by atoms with Crippen molar-refractivity contribution in [2.24, 2.45) is 0 Å². The lowest BCUT2D eigenvalue weighted by atomic mass is 10.1. The first-order chi connectivity index (χ1) is 12.8. The third-order valence-electron chi connectivity index (χ3n) is 4.49. The maximum absolute atomic E-state index is 12.3. The average molecular weight is 368 g/mol. The smallest absolute Gasteiger partial charge is 0.258 e. The molecule has 144 valence electrons. The number of rotatable bonds is 7. The summed E-state index contributed by atoms with van der Waals surface area (Å²) in [6, 6.07) is 13.3. The van der Waals surface area contributed by atoms with Gasteiger partial charge in [0, 0.05) is 25.2 Å². The number of ether oxygens (including phenoxy) is 1. The molecule has 2 rings (SSSR count). The van der Waals surface area contributed by atoms with Crippen LogP contribution in [0.1, 0.15) is 40.9 Å². The SMILES string of the molecule is Cc1ccc(C)c(OCC(=O)NCc2ccc(C(=O)N(C)C(C)C)cc2)c1. The lowest BCUT2D eigenvalue weighted by Gasteiger charge is -2.21. The van der Waals surface area contributed by atoms with E-state index in [1.165, 1.54) is 0 Å². The van der Waals surface area contributed by atoms with Crippen LogP contribution < -0.4 is 10.1 Å². The van der Waals surface area contributed by atoms with Crippen LogP contribution in [0.4, 0.5) is 0 Å². The van der Waals surface area contributed by atoms with Crippen LogP contribution in [0.5, 0.6) is 5.75 Å². The van der Waals surface area contributed by atoms with Crippen molar-refractivity contribution >= 4 is 11.8 Å². The highest BCUT2D eigenvalue weighted by Gasteiger charge is 2.14. The zero-order valence-electron chi connectivity index (χ0n) is 16.7. The summed E-state index contributed by atoms with van der Waals surface area (Å²) in [5.41, 5.74) is 3.66. The van der Waals surface area contributed by atoms with Gasteiger partial charge in [-0.2, -0.15) is 0 Å². The van der Waals surface area contributed by atoms with Gasteiger partial charge in [-0.3, -0.25) is 9.59 Å². The van der Waals surface area contributed by atoms with E-state index in [0.717, 1.165) is 22.4 Å². The molecule has 0 atom stereocenters. The zero-order chi connectivity index (χ0) is 20.0. The summed E-state index contributed by atoms with van der Waals surface area (Å²) in [6.45, 7) is 8.25. The Bertz CT molecular complexity index is 798. The molecule has 0 unspecified atom stereocenters. The fourth-order valence-corrected chi connectivity index (χ4v) is 2.46. The Labute approximate surface area is 161 Å². The Kier molecular flexibility index (Phi) is 6.99. The molecule has 2 amide bonds. The lowest BCUT2D eigenvalue weighted by molar-refractivity contribution is -0.123. The van der Waals surface area contributed by atoms with Gasteiger partial charge in [-0.1, -0.05) is 24.3 Å². The van der Waals surface area contributed by atoms with Crippen molar-refractivity contribution in [3.05, 3.63) is 64.7 Å². The molecular weight excluding hydrogens is 340 g/mol. The second-order valence-electron chi connectivity index (χ2n) is 7.04. The van der Waals surface area contributed by atoms with Crippen molar-refractivity contribution in [1.29, 1.82) is 0 Å². The van der Waals surface area contributed by atoms with Gasteiger partial charge in [0.05, 0.1) is 0 Å². The number of nitrogens with zero attached hydrogens (tertiary/aromatic N) is 1. The quantitative estimate of drug-likeness (QED) is 0.814. The molecule has 0 aromatic heterocycles. The summed E-state index contributed by atoms with van der Waals surface area (Å²) in [6.07, 6.45) is 0. The summed E-state index contributed by atoms with van der Waals surface area (Å²) < 4.78 is 5.60. The summed E-state index contributed by atoms with van der Waals surface area (Å²) in [5.74, 6) is 0.528. The van der Waals surface area contributed by atoms with Crippen LogP contribution in [0.15, 0.2) is 42.5 Å². The van der Waals surface area contributed by atoms with Crippen LogP contribution in [-0.2, 0) is 11.3 Å². The fraction of sp³-hybridized carbons (Fsp3) is 0.364. The molecule has 5 nitrogen and oxygen atoms in total. The molecule has 27 heavy (non-hydrogen) atoms. The van der Waals surface area contributed by atoms with E-state index in [-0.39, 0.29) is 24.5 Å². The van der Waals surface area contributed by atoms with E-state index in [1.807, 2.05) is 58.0 Å². The van der Waals surface area contributed by atoms with Crippen molar-refractivity contribution in [2.75, 3.05) is 13.7 Å². The number of amides is 2. The maximum Gasteiger partial charge on any atom is 0.258 e. The van der Waals surface area contributed by atoms with Gasteiger partial charge in [0.2, 0.25) is 0 Å². The van der Waals surface area contributed by atoms with Crippen LogP contribution in [0, 0.1) is 13.8 Å². The molecule has 5 heteroatoms. The molecule has 0 saturated carbocycles. The minimum atomic E-state index is -0.185.